The van der Waals surface area contributed by atoms with E-state index in [1.54, 1.807) is 0 Å². The summed E-state index contributed by atoms with van der Waals surface area (Å²) in [7, 11) is 2.19. The van der Waals surface area contributed by atoms with E-state index in [0.717, 1.165) is 0 Å². The third-order valence-electron chi connectivity index (χ3n) is 4.88. The largest absolute Gasteiger partial charge is 0.232 e. The quantitative estimate of drug-likeness (QED) is 0.324. The number of nitrogens with zero attached hydrogens (tertiary/aromatic N) is 1. The van der Waals surface area contributed by atoms with E-state index in [1.165, 1.54) is 47.2 Å². The van der Waals surface area contributed by atoms with Crippen molar-refractivity contribution in [2.24, 2.45) is 7.05 Å². The Kier molecular flexibility index (Phi) is 3.02. The molecule has 0 bridgehead atoms. The summed E-state index contributed by atoms with van der Waals surface area (Å²) >= 11 is 3.72. The molecule has 0 saturated heterocycles. The van der Waals surface area contributed by atoms with Gasteiger partial charge in [-0.25, -0.2) is 0 Å². The van der Waals surface area contributed by atoms with Gasteiger partial charge in [-0.2, -0.15) is 4.57 Å². The van der Waals surface area contributed by atoms with Crippen LogP contribution in [0.2, 0.25) is 0 Å². The molecule has 0 atom stereocenters. The molecule has 0 spiro atoms. The molecule has 3 heteroatoms. The van der Waals surface area contributed by atoms with Gasteiger partial charge in [-0.15, -0.1) is 22.7 Å². The number of aromatic nitrogens is 1. The van der Waals surface area contributed by atoms with E-state index < -0.39 is 0 Å². The summed E-state index contributed by atoms with van der Waals surface area (Å²) < 4.78 is 5.13. The van der Waals surface area contributed by atoms with Crippen molar-refractivity contribution in [1.82, 2.24) is 0 Å². The Bertz CT molecular complexity index is 1230. The highest BCUT2D eigenvalue weighted by molar-refractivity contribution is 7.41. The average Bonchev–Trinajstić information content (AvgIpc) is 3.17. The van der Waals surface area contributed by atoms with E-state index in [4.69, 9.17) is 0 Å². The highest BCUT2D eigenvalue weighted by atomic mass is 32.2. The Morgan fingerprint density at radius 3 is 2.67 bits per heavy atom. The number of pyridine rings is 1. The number of thiophene rings is 2. The van der Waals surface area contributed by atoms with Crippen molar-refractivity contribution >= 4 is 53.1 Å². The fourth-order valence-corrected chi connectivity index (χ4v) is 5.85. The second-order valence-electron chi connectivity index (χ2n) is 6.17. The molecule has 3 aromatic heterocycles. The van der Waals surface area contributed by atoms with Crippen LogP contribution in [0.25, 0.3) is 41.6 Å². The fourth-order valence-electron chi connectivity index (χ4n) is 3.65. The predicted molar refractivity (Wildman–Crippen MR) is 106 cm³/mol. The van der Waals surface area contributed by atoms with Gasteiger partial charge in [0.2, 0.25) is 11.2 Å². The van der Waals surface area contributed by atoms with Crippen molar-refractivity contribution in [2.45, 2.75) is 6.92 Å². The second kappa shape index (κ2) is 5.13. The van der Waals surface area contributed by atoms with Crippen molar-refractivity contribution in [3.63, 3.8) is 0 Å². The first kappa shape index (κ1) is 14.1. The molecule has 0 aliphatic carbocycles. The summed E-state index contributed by atoms with van der Waals surface area (Å²) in [5, 5.41) is 6.20. The third kappa shape index (κ3) is 1.89. The molecule has 0 unspecified atom stereocenters. The number of hydrogen-bond acceptors (Lipinski definition) is 2. The molecular weight excluding hydrogens is 330 g/mol. The van der Waals surface area contributed by atoms with E-state index >= 15 is 0 Å². The second-order valence-corrected chi connectivity index (χ2v) is 8.40. The normalized spacial score (nSPS) is 11.8. The van der Waals surface area contributed by atoms with E-state index in [0.29, 0.717) is 0 Å². The highest BCUT2D eigenvalue weighted by Gasteiger charge is 2.21. The molecule has 0 saturated carbocycles. The van der Waals surface area contributed by atoms with E-state index in [-0.39, 0.29) is 0 Å². The van der Waals surface area contributed by atoms with Crippen LogP contribution in [0.5, 0.6) is 0 Å². The highest BCUT2D eigenvalue weighted by Crippen LogP contribution is 2.37. The SMILES string of the molecule is Cc1c(-c2ccc3sc4sccc4c3[n+]2C)ccc2ccccc12. The van der Waals surface area contributed by atoms with E-state index in [2.05, 4.69) is 78.5 Å². The van der Waals surface area contributed by atoms with E-state index in [9.17, 15) is 0 Å². The Balaban J connectivity index is 1.86. The van der Waals surface area contributed by atoms with Gasteiger partial charge in [-0.1, -0.05) is 30.3 Å². The van der Waals surface area contributed by atoms with Gasteiger partial charge in [0, 0.05) is 11.6 Å². The summed E-state index contributed by atoms with van der Waals surface area (Å²) in [6.07, 6.45) is 0. The zero-order valence-corrected chi connectivity index (χ0v) is 15.2. The predicted octanol–water partition coefficient (Wildman–Crippen LogP) is 6.07. The standard InChI is InChI=1S/C21H16NS2/c1-13-15-6-4-3-5-14(15)7-8-16(13)18-9-10-19-20(22(18)2)17-11-12-23-21(17)24-19/h3-12H,1-2H3/q+1. The average molecular weight is 347 g/mol. The van der Waals surface area contributed by atoms with Gasteiger partial charge in [-0.05, 0) is 46.8 Å². The van der Waals surface area contributed by atoms with E-state index in [1.807, 2.05) is 22.7 Å². The molecule has 0 radical (unpaired) electrons. The van der Waals surface area contributed by atoms with Crippen LogP contribution in [0.4, 0.5) is 0 Å². The minimum absolute atomic E-state index is 1.27. The number of aryl methyl sites for hydroxylation is 2. The molecular formula is C21H16NS2+. The first-order valence-corrected chi connectivity index (χ1v) is 9.71. The van der Waals surface area contributed by atoms with Crippen LogP contribution in [0.15, 0.2) is 60.0 Å². The first-order chi connectivity index (χ1) is 11.7. The van der Waals surface area contributed by atoms with Gasteiger partial charge >= 0.3 is 0 Å². The lowest BCUT2D eigenvalue weighted by Crippen LogP contribution is -2.31. The van der Waals surface area contributed by atoms with Gasteiger partial charge in [0.05, 0.1) is 9.40 Å². The molecule has 0 aliphatic heterocycles. The number of fused-ring (bicyclic) bond motifs is 4. The van der Waals surface area contributed by atoms with Gasteiger partial charge < -0.3 is 0 Å². The fraction of sp³-hybridized carbons (Fsp3) is 0.0952. The van der Waals surface area contributed by atoms with Gasteiger partial charge in [0.1, 0.15) is 11.7 Å². The lowest BCUT2D eigenvalue weighted by atomic mass is 9.97. The molecule has 2 aromatic carbocycles. The van der Waals surface area contributed by atoms with Crippen LogP contribution in [-0.2, 0) is 7.05 Å². The minimum Gasteiger partial charge on any atom is -0.193 e. The molecule has 0 fully saturated rings. The zero-order valence-electron chi connectivity index (χ0n) is 13.5. The molecule has 1 nitrogen and oxygen atoms in total. The lowest BCUT2D eigenvalue weighted by molar-refractivity contribution is -0.632. The van der Waals surface area contributed by atoms with Crippen LogP contribution in [0.3, 0.4) is 0 Å². The summed E-state index contributed by atoms with van der Waals surface area (Å²) in [4.78, 5) is 0. The van der Waals surface area contributed by atoms with Crippen molar-refractivity contribution < 1.29 is 4.57 Å². The van der Waals surface area contributed by atoms with Crippen LogP contribution in [0, 0.1) is 6.92 Å². The number of hydrogen-bond donors (Lipinski definition) is 0. The van der Waals surface area contributed by atoms with Crippen LogP contribution >= 0.6 is 22.7 Å². The maximum absolute atomic E-state index is 2.36. The van der Waals surface area contributed by atoms with Crippen molar-refractivity contribution in [1.29, 1.82) is 0 Å². The maximum atomic E-state index is 2.36. The molecule has 0 aliphatic rings. The smallest absolute Gasteiger partial charge is 0.193 e. The molecule has 5 aromatic rings. The summed E-state index contributed by atoms with van der Waals surface area (Å²) in [6, 6.07) is 19.9. The number of rotatable bonds is 1. The van der Waals surface area contributed by atoms with Crippen LogP contribution in [0.1, 0.15) is 5.56 Å². The summed E-state index contributed by atoms with van der Waals surface area (Å²) in [6.45, 7) is 2.23. The molecule has 3 heterocycles. The molecule has 116 valence electrons. The Morgan fingerprint density at radius 1 is 0.875 bits per heavy atom. The minimum atomic E-state index is 1.27. The molecule has 0 amide bonds. The van der Waals surface area contributed by atoms with Crippen molar-refractivity contribution in [3.05, 3.63) is 65.5 Å². The Labute approximate surface area is 148 Å². The van der Waals surface area contributed by atoms with Gasteiger partial charge in [0.15, 0.2) is 0 Å². The third-order valence-corrected chi connectivity index (χ3v) is 7.08. The lowest BCUT2D eigenvalue weighted by Gasteiger charge is -2.08. The maximum Gasteiger partial charge on any atom is 0.232 e. The molecule has 0 N–H and O–H groups in total. The summed E-state index contributed by atoms with van der Waals surface area (Å²) in [5.41, 5.74) is 5.28. The Hall–Kier alpha value is -2.23. The van der Waals surface area contributed by atoms with Gasteiger partial charge in [-0.3, -0.25) is 0 Å². The van der Waals surface area contributed by atoms with Crippen molar-refractivity contribution in [3.8, 4) is 11.3 Å². The van der Waals surface area contributed by atoms with Crippen molar-refractivity contribution in [2.75, 3.05) is 0 Å². The Morgan fingerprint density at radius 2 is 1.75 bits per heavy atom. The topological polar surface area (TPSA) is 3.88 Å². The zero-order chi connectivity index (χ0) is 16.3. The van der Waals surface area contributed by atoms with Crippen LogP contribution < -0.4 is 4.57 Å². The summed E-state index contributed by atoms with van der Waals surface area (Å²) in [5.74, 6) is 0. The van der Waals surface area contributed by atoms with Crippen LogP contribution in [-0.4, -0.2) is 0 Å². The molecule has 24 heavy (non-hydrogen) atoms. The molecule has 5 rings (SSSR count). The number of benzene rings is 2. The monoisotopic (exact) mass is 346 g/mol. The first-order valence-electron chi connectivity index (χ1n) is 8.01. The van der Waals surface area contributed by atoms with Gasteiger partial charge in [0.25, 0.3) is 0 Å².